The number of rotatable bonds is 6. The molecule has 112 valence electrons. The lowest BCUT2D eigenvalue weighted by atomic mass is 9.98. The molecule has 0 fully saturated rings. The molecular formula is C13H17F2NO4. The van der Waals surface area contributed by atoms with Crippen molar-refractivity contribution in [1.29, 1.82) is 0 Å². The molecule has 0 heterocycles. The van der Waals surface area contributed by atoms with E-state index < -0.39 is 24.4 Å². The van der Waals surface area contributed by atoms with E-state index in [1.165, 1.54) is 14.2 Å². The van der Waals surface area contributed by atoms with E-state index in [1.54, 1.807) is 0 Å². The normalized spacial score (nSPS) is 12.9. The number of carbonyl (C=O) groups is 1. The molecule has 0 radical (unpaired) electrons. The number of hydrogen-bond acceptors (Lipinski definition) is 4. The van der Waals surface area contributed by atoms with Gasteiger partial charge in [-0.25, -0.2) is 8.78 Å². The van der Waals surface area contributed by atoms with Crippen LogP contribution in [0.25, 0.3) is 0 Å². The molecular weight excluding hydrogens is 272 g/mol. The van der Waals surface area contributed by atoms with Gasteiger partial charge in [0.05, 0.1) is 20.6 Å². The third-order valence-electron chi connectivity index (χ3n) is 2.81. The molecule has 1 aromatic carbocycles. The minimum atomic E-state index is -3.10. The molecule has 1 atom stereocenters. The smallest absolute Gasteiger partial charge is 0.305 e. The van der Waals surface area contributed by atoms with E-state index in [-0.39, 0.29) is 22.6 Å². The highest BCUT2D eigenvalue weighted by Crippen LogP contribution is 2.40. The Morgan fingerprint density at radius 3 is 2.40 bits per heavy atom. The van der Waals surface area contributed by atoms with E-state index >= 15 is 0 Å². The second-order valence-corrected chi connectivity index (χ2v) is 4.39. The second-order valence-electron chi connectivity index (χ2n) is 4.39. The van der Waals surface area contributed by atoms with Crippen LogP contribution in [0.1, 0.15) is 30.5 Å². The van der Waals surface area contributed by atoms with E-state index in [0.717, 1.165) is 19.1 Å². The van der Waals surface area contributed by atoms with Gasteiger partial charge in [-0.2, -0.15) is 0 Å². The van der Waals surface area contributed by atoms with Crippen molar-refractivity contribution in [2.75, 3.05) is 14.2 Å². The molecule has 7 heteroatoms. The van der Waals surface area contributed by atoms with Crippen LogP contribution >= 0.6 is 0 Å². The van der Waals surface area contributed by atoms with Gasteiger partial charge in [0.1, 0.15) is 0 Å². The summed E-state index contributed by atoms with van der Waals surface area (Å²) in [6.45, 7) is 0.737. The lowest BCUT2D eigenvalue weighted by Gasteiger charge is -2.20. The molecule has 0 bridgehead atoms. The van der Waals surface area contributed by atoms with Gasteiger partial charge in [-0.05, 0) is 12.1 Å². The summed E-state index contributed by atoms with van der Waals surface area (Å²) in [6.07, 6.45) is -0.405. The largest absolute Gasteiger partial charge is 0.493 e. The van der Waals surface area contributed by atoms with E-state index in [9.17, 15) is 13.6 Å². The topological polar surface area (TPSA) is 81.8 Å². The standard InChI is InChI=1S/C13H17F2NO4/c1-13(14,15)7-4-8(9(16)6-11(17)18)12(20-3)10(5-7)19-2/h4-5,9H,6,16H2,1-3H3,(H,17,18). The summed E-state index contributed by atoms with van der Waals surface area (Å²) in [7, 11) is 2.64. The van der Waals surface area contributed by atoms with Crippen molar-refractivity contribution in [1.82, 2.24) is 0 Å². The predicted molar refractivity (Wildman–Crippen MR) is 68.3 cm³/mol. The Morgan fingerprint density at radius 2 is 2.00 bits per heavy atom. The number of carboxylic acids is 1. The lowest BCUT2D eigenvalue weighted by Crippen LogP contribution is -2.18. The van der Waals surface area contributed by atoms with Crippen LogP contribution in [0.5, 0.6) is 11.5 Å². The maximum Gasteiger partial charge on any atom is 0.305 e. The summed E-state index contributed by atoms with van der Waals surface area (Å²) in [4.78, 5) is 10.7. The van der Waals surface area contributed by atoms with Crippen molar-refractivity contribution in [2.24, 2.45) is 5.73 Å². The monoisotopic (exact) mass is 289 g/mol. The molecule has 0 aliphatic heterocycles. The van der Waals surface area contributed by atoms with Crippen molar-refractivity contribution in [2.45, 2.75) is 25.3 Å². The Balaban J connectivity index is 3.41. The van der Waals surface area contributed by atoms with Crippen molar-refractivity contribution < 1.29 is 28.2 Å². The van der Waals surface area contributed by atoms with Crippen molar-refractivity contribution >= 4 is 5.97 Å². The average molecular weight is 289 g/mol. The number of nitrogens with two attached hydrogens (primary N) is 1. The van der Waals surface area contributed by atoms with Gasteiger partial charge >= 0.3 is 5.97 Å². The van der Waals surface area contributed by atoms with E-state index in [2.05, 4.69) is 0 Å². The number of halogens is 2. The molecule has 0 amide bonds. The van der Waals surface area contributed by atoms with Gasteiger partial charge in [0.2, 0.25) is 0 Å². The molecule has 0 saturated carbocycles. The van der Waals surface area contributed by atoms with Crippen LogP contribution in [0, 0.1) is 0 Å². The van der Waals surface area contributed by atoms with Crippen molar-refractivity contribution in [3.63, 3.8) is 0 Å². The molecule has 0 spiro atoms. The van der Waals surface area contributed by atoms with Gasteiger partial charge in [-0.1, -0.05) is 0 Å². The first-order valence-corrected chi connectivity index (χ1v) is 5.82. The quantitative estimate of drug-likeness (QED) is 0.839. The number of benzene rings is 1. The summed E-state index contributed by atoms with van der Waals surface area (Å²) in [5.41, 5.74) is 5.60. The van der Waals surface area contributed by atoms with Gasteiger partial charge in [-0.3, -0.25) is 4.79 Å². The Morgan fingerprint density at radius 1 is 1.40 bits per heavy atom. The molecule has 0 aliphatic carbocycles. The highest BCUT2D eigenvalue weighted by molar-refractivity contribution is 5.68. The summed E-state index contributed by atoms with van der Waals surface area (Å²) in [5, 5.41) is 8.76. The third-order valence-corrected chi connectivity index (χ3v) is 2.81. The van der Waals surface area contributed by atoms with Gasteiger partial charge < -0.3 is 20.3 Å². The minimum absolute atomic E-state index is 0.0855. The van der Waals surface area contributed by atoms with Crippen LogP contribution in [0.15, 0.2) is 12.1 Å². The first-order valence-electron chi connectivity index (χ1n) is 5.82. The maximum atomic E-state index is 13.5. The van der Waals surface area contributed by atoms with Gasteiger partial charge in [0, 0.05) is 24.1 Å². The van der Waals surface area contributed by atoms with E-state index in [1.807, 2.05) is 0 Å². The fourth-order valence-electron chi connectivity index (χ4n) is 1.82. The SMILES string of the molecule is COc1cc(C(C)(F)F)cc(C(N)CC(=O)O)c1OC. The Hall–Kier alpha value is -1.89. The molecule has 0 saturated heterocycles. The van der Waals surface area contributed by atoms with Crippen molar-refractivity contribution in [3.8, 4) is 11.5 Å². The first-order chi connectivity index (χ1) is 9.20. The van der Waals surface area contributed by atoms with E-state index in [4.69, 9.17) is 20.3 Å². The fraction of sp³-hybridized carbons (Fsp3) is 0.462. The van der Waals surface area contributed by atoms with Gasteiger partial charge in [0.25, 0.3) is 5.92 Å². The summed E-state index contributed by atoms with van der Waals surface area (Å²) >= 11 is 0. The highest BCUT2D eigenvalue weighted by atomic mass is 19.3. The summed E-state index contributed by atoms with van der Waals surface area (Å²) in [6, 6.07) is 1.32. The number of hydrogen-bond donors (Lipinski definition) is 2. The highest BCUT2D eigenvalue weighted by Gasteiger charge is 2.29. The van der Waals surface area contributed by atoms with E-state index in [0.29, 0.717) is 0 Å². The molecule has 0 aromatic heterocycles. The first kappa shape index (κ1) is 16.2. The fourth-order valence-corrected chi connectivity index (χ4v) is 1.82. The number of alkyl halides is 2. The predicted octanol–water partition coefficient (Wildman–Crippen LogP) is 2.29. The molecule has 1 unspecified atom stereocenters. The van der Waals surface area contributed by atoms with Crippen molar-refractivity contribution in [3.05, 3.63) is 23.3 Å². The Kier molecular flexibility index (Phi) is 4.88. The maximum absolute atomic E-state index is 13.5. The average Bonchev–Trinajstić information content (AvgIpc) is 2.34. The lowest BCUT2D eigenvalue weighted by molar-refractivity contribution is -0.137. The zero-order valence-corrected chi connectivity index (χ0v) is 11.4. The molecule has 5 nitrogen and oxygen atoms in total. The molecule has 0 aliphatic rings. The molecule has 20 heavy (non-hydrogen) atoms. The zero-order chi connectivity index (χ0) is 15.5. The van der Waals surface area contributed by atoms with Crippen LogP contribution in [0.3, 0.4) is 0 Å². The van der Waals surface area contributed by atoms with Crippen LogP contribution in [0.4, 0.5) is 8.78 Å². The summed E-state index contributed by atoms with van der Waals surface area (Å²) in [5.74, 6) is -3.99. The molecule has 3 N–H and O–H groups in total. The van der Waals surface area contributed by atoms with Crippen LogP contribution in [0.2, 0.25) is 0 Å². The number of aliphatic carboxylic acids is 1. The zero-order valence-electron chi connectivity index (χ0n) is 11.4. The third kappa shape index (κ3) is 3.57. The number of ether oxygens (including phenoxy) is 2. The molecule has 1 rings (SSSR count). The van der Waals surface area contributed by atoms with Crippen LogP contribution in [-0.2, 0) is 10.7 Å². The summed E-state index contributed by atoms with van der Waals surface area (Å²) < 4.78 is 37.0. The Labute approximate surface area is 115 Å². The second kappa shape index (κ2) is 6.04. The van der Waals surface area contributed by atoms with Crippen LogP contribution < -0.4 is 15.2 Å². The minimum Gasteiger partial charge on any atom is -0.493 e. The number of methoxy groups -OCH3 is 2. The van der Waals surface area contributed by atoms with Gasteiger partial charge in [-0.15, -0.1) is 0 Å². The van der Waals surface area contributed by atoms with Gasteiger partial charge in [0.15, 0.2) is 11.5 Å². The number of carboxylic acid groups (broad SMARTS) is 1. The van der Waals surface area contributed by atoms with Crippen LogP contribution in [-0.4, -0.2) is 25.3 Å². The molecule has 1 aromatic rings. The Bertz CT molecular complexity index is 500.